The van der Waals surface area contributed by atoms with Gasteiger partial charge in [-0.15, -0.1) is 0 Å². The lowest BCUT2D eigenvalue weighted by Gasteiger charge is -2.10. The van der Waals surface area contributed by atoms with Crippen LogP contribution in [-0.4, -0.2) is 48.9 Å². The van der Waals surface area contributed by atoms with Crippen LogP contribution in [-0.2, 0) is 20.4 Å². The van der Waals surface area contributed by atoms with E-state index in [-0.39, 0.29) is 11.5 Å². The van der Waals surface area contributed by atoms with Gasteiger partial charge in [0.05, 0.1) is 21.3 Å². The number of rotatable bonds is 9. The van der Waals surface area contributed by atoms with Crippen LogP contribution in [0.15, 0.2) is 42.5 Å². The van der Waals surface area contributed by atoms with Gasteiger partial charge in [-0.25, -0.2) is 0 Å². The van der Waals surface area contributed by atoms with Gasteiger partial charge < -0.3 is 24.8 Å². The minimum Gasteiger partial charge on any atom is -0.497 e. The Hall–Kier alpha value is -3.07. The van der Waals surface area contributed by atoms with Crippen LogP contribution >= 0.6 is 0 Å². The maximum atomic E-state index is 12.1. The zero-order chi connectivity index (χ0) is 20.5. The summed E-state index contributed by atoms with van der Waals surface area (Å²) < 4.78 is 27.4. The zero-order valence-electron chi connectivity index (χ0n) is 15.8. The minimum absolute atomic E-state index is 0.286. The molecule has 8 nitrogen and oxygen atoms in total. The van der Waals surface area contributed by atoms with Crippen LogP contribution in [0.1, 0.15) is 0 Å². The molecule has 2 rings (SSSR count). The number of hydrogen-bond donors (Lipinski definition) is 2. The predicted octanol–water partition coefficient (Wildman–Crippen LogP) is 2.04. The molecule has 2 N–H and O–H groups in total. The molecule has 0 spiro atoms. The summed E-state index contributed by atoms with van der Waals surface area (Å²) in [5.74, 6) is 0.147. The molecule has 0 radical (unpaired) electrons. The van der Waals surface area contributed by atoms with E-state index >= 15 is 0 Å². The predicted molar refractivity (Wildman–Crippen MR) is 108 cm³/mol. The van der Waals surface area contributed by atoms with Gasteiger partial charge in [-0.3, -0.25) is 13.8 Å². The van der Waals surface area contributed by atoms with E-state index in [4.69, 9.17) is 14.2 Å². The van der Waals surface area contributed by atoms with Crippen LogP contribution < -0.4 is 24.8 Å². The number of ether oxygens (including phenoxy) is 3. The molecule has 2 aromatic rings. The summed E-state index contributed by atoms with van der Waals surface area (Å²) in [7, 11) is 2.89. The highest BCUT2D eigenvalue weighted by atomic mass is 32.2. The minimum atomic E-state index is -1.65. The van der Waals surface area contributed by atoms with Gasteiger partial charge in [-0.2, -0.15) is 0 Å². The summed E-state index contributed by atoms with van der Waals surface area (Å²) in [6, 6.07) is 11.6. The normalized spacial score (nSPS) is 11.2. The van der Waals surface area contributed by atoms with Crippen molar-refractivity contribution < 1.29 is 28.0 Å². The lowest BCUT2D eigenvalue weighted by Crippen LogP contribution is -2.26. The summed E-state index contributed by atoms with van der Waals surface area (Å²) in [4.78, 5) is 24.0. The zero-order valence-corrected chi connectivity index (χ0v) is 16.6. The monoisotopic (exact) mass is 406 g/mol. The Labute approximate surface area is 165 Å². The van der Waals surface area contributed by atoms with E-state index in [0.29, 0.717) is 28.6 Å². The molecule has 0 aromatic heterocycles. The van der Waals surface area contributed by atoms with Crippen molar-refractivity contribution in [2.75, 3.05) is 43.5 Å². The van der Waals surface area contributed by atoms with Gasteiger partial charge in [-0.1, -0.05) is 0 Å². The summed E-state index contributed by atoms with van der Waals surface area (Å²) in [5, 5.41) is 5.25. The summed E-state index contributed by atoms with van der Waals surface area (Å²) in [5.41, 5.74) is 1.03. The average molecular weight is 406 g/mol. The number of carbonyl (C=O) groups excluding carboxylic acids is 2. The molecule has 0 bridgehead atoms. The van der Waals surface area contributed by atoms with E-state index in [0.717, 1.165) is 0 Å². The second-order valence-corrected chi connectivity index (χ2v) is 7.08. The van der Waals surface area contributed by atoms with Gasteiger partial charge in [0.15, 0.2) is 11.5 Å². The standard InChI is InChI=1S/C19H22N2O6S/c1-25-15-7-4-13(5-8-15)20-18(22)11-28(24)12-19(23)21-14-6-9-16(26-2)17(10-14)27-3/h4-10H,11-12H2,1-3H3,(H,20,22)(H,21,23)/t28-/m1/s1. The quantitative estimate of drug-likeness (QED) is 0.661. The van der Waals surface area contributed by atoms with Crippen molar-refractivity contribution in [3.05, 3.63) is 42.5 Å². The lowest BCUT2D eigenvalue weighted by molar-refractivity contribution is -0.114. The van der Waals surface area contributed by atoms with Crippen LogP contribution in [0.25, 0.3) is 0 Å². The first-order chi connectivity index (χ1) is 13.4. The number of hydrogen-bond acceptors (Lipinski definition) is 6. The third-order valence-corrected chi connectivity index (χ3v) is 4.79. The largest absolute Gasteiger partial charge is 0.497 e. The molecule has 0 saturated carbocycles. The van der Waals surface area contributed by atoms with E-state index in [9.17, 15) is 13.8 Å². The number of carbonyl (C=O) groups is 2. The van der Waals surface area contributed by atoms with Crippen molar-refractivity contribution in [2.45, 2.75) is 0 Å². The molecule has 0 aliphatic carbocycles. The number of methoxy groups -OCH3 is 3. The average Bonchev–Trinajstić information content (AvgIpc) is 2.68. The number of anilines is 2. The van der Waals surface area contributed by atoms with Gasteiger partial charge in [0.1, 0.15) is 17.3 Å². The van der Waals surface area contributed by atoms with Crippen LogP contribution in [0.3, 0.4) is 0 Å². The fourth-order valence-electron chi connectivity index (χ4n) is 2.33. The first-order valence-corrected chi connectivity index (χ1v) is 9.74. The van der Waals surface area contributed by atoms with E-state index in [1.807, 2.05) is 0 Å². The number of amides is 2. The topological polar surface area (TPSA) is 103 Å². The molecule has 150 valence electrons. The van der Waals surface area contributed by atoms with Gasteiger partial charge >= 0.3 is 0 Å². The highest BCUT2D eigenvalue weighted by Crippen LogP contribution is 2.29. The van der Waals surface area contributed by atoms with E-state index in [1.54, 1.807) is 49.6 Å². The van der Waals surface area contributed by atoms with Crippen molar-refractivity contribution in [3.63, 3.8) is 0 Å². The molecule has 0 fully saturated rings. The van der Waals surface area contributed by atoms with Gasteiger partial charge in [0.25, 0.3) is 0 Å². The van der Waals surface area contributed by atoms with Crippen LogP contribution in [0.5, 0.6) is 17.2 Å². The molecule has 2 amide bonds. The molecule has 0 aliphatic rings. The highest BCUT2D eigenvalue weighted by molar-refractivity contribution is 7.86. The van der Waals surface area contributed by atoms with E-state index in [2.05, 4.69) is 10.6 Å². The lowest BCUT2D eigenvalue weighted by atomic mass is 10.2. The van der Waals surface area contributed by atoms with Gasteiger partial charge in [-0.05, 0) is 36.4 Å². The van der Waals surface area contributed by atoms with Crippen molar-refractivity contribution in [1.82, 2.24) is 0 Å². The van der Waals surface area contributed by atoms with E-state index in [1.165, 1.54) is 14.2 Å². The summed E-state index contributed by atoms with van der Waals surface area (Å²) in [6.07, 6.45) is 0. The fraction of sp³-hybridized carbons (Fsp3) is 0.263. The second-order valence-electron chi connectivity index (χ2n) is 5.62. The van der Waals surface area contributed by atoms with E-state index < -0.39 is 22.6 Å². The van der Waals surface area contributed by atoms with Crippen molar-refractivity contribution in [2.24, 2.45) is 0 Å². The Balaban J connectivity index is 1.84. The third-order valence-electron chi connectivity index (χ3n) is 3.63. The van der Waals surface area contributed by atoms with Crippen molar-refractivity contribution in [1.29, 1.82) is 0 Å². The molecular weight excluding hydrogens is 384 g/mol. The Bertz CT molecular complexity index is 854. The molecule has 0 saturated heterocycles. The Morgan fingerprint density at radius 3 is 1.86 bits per heavy atom. The smallest absolute Gasteiger partial charge is 0.237 e. The Morgan fingerprint density at radius 2 is 1.32 bits per heavy atom. The number of benzene rings is 2. The molecular formula is C19H22N2O6S. The Kier molecular flexibility index (Phi) is 7.82. The molecule has 0 unspecified atom stereocenters. The maximum Gasteiger partial charge on any atom is 0.237 e. The molecule has 2 aromatic carbocycles. The molecule has 28 heavy (non-hydrogen) atoms. The van der Waals surface area contributed by atoms with Crippen molar-refractivity contribution in [3.8, 4) is 17.2 Å². The summed E-state index contributed by atoms with van der Waals surface area (Å²) >= 11 is 0. The summed E-state index contributed by atoms with van der Waals surface area (Å²) in [6.45, 7) is 0. The van der Waals surface area contributed by atoms with Crippen LogP contribution in [0.2, 0.25) is 0 Å². The fourth-order valence-corrected chi connectivity index (χ4v) is 3.16. The first-order valence-electron chi connectivity index (χ1n) is 8.26. The second kappa shape index (κ2) is 10.3. The highest BCUT2D eigenvalue weighted by Gasteiger charge is 2.14. The molecule has 0 heterocycles. The van der Waals surface area contributed by atoms with Gasteiger partial charge in [0.2, 0.25) is 11.8 Å². The SMILES string of the molecule is COc1ccc(NC(=O)C[S@@](=O)CC(=O)Nc2ccc(OC)c(OC)c2)cc1. The number of nitrogens with one attached hydrogen (secondary N) is 2. The molecule has 0 aliphatic heterocycles. The van der Waals surface area contributed by atoms with Crippen LogP contribution in [0.4, 0.5) is 11.4 Å². The van der Waals surface area contributed by atoms with Gasteiger partial charge in [0, 0.05) is 28.2 Å². The molecule has 9 heteroatoms. The first kappa shape index (κ1) is 21.2. The van der Waals surface area contributed by atoms with Crippen molar-refractivity contribution >= 4 is 34.0 Å². The third kappa shape index (κ3) is 6.27. The molecule has 1 atom stereocenters. The Morgan fingerprint density at radius 1 is 0.786 bits per heavy atom. The maximum absolute atomic E-state index is 12.1. The van der Waals surface area contributed by atoms with Crippen LogP contribution in [0, 0.1) is 0 Å².